The number of ether oxygens (including phenoxy) is 2. The Balaban J connectivity index is 2.07. The van der Waals surface area contributed by atoms with Crippen LogP contribution in [0.15, 0.2) is 42.5 Å². The Kier molecular flexibility index (Phi) is 5.92. The first-order valence-electron chi connectivity index (χ1n) is 7.50. The molecular weight excluding hydrogens is 310 g/mol. The molecule has 2 rings (SSSR count). The fraction of sp³-hybridized carbons (Fsp3) is 0.222. The van der Waals surface area contributed by atoms with E-state index in [2.05, 4.69) is 0 Å². The molecule has 0 atom stereocenters. The van der Waals surface area contributed by atoms with Crippen molar-refractivity contribution in [2.75, 3.05) is 13.2 Å². The highest BCUT2D eigenvalue weighted by Gasteiger charge is 2.12. The first-order valence-corrected chi connectivity index (χ1v) is 7.50. The van der Waals surface area contributed by atoms with Crippen LogP contribution in [0.3, 0.4) is 0 Å². The Morgan fingerprint density at radius 3 is 2.38 bits per heavy atom. The first-order chi connectivity index (χ1) is 11.5. The monoisotopic (exact) mass is 329 g/mol. The Morgan fingerprint density at radius 1 is 1.08 bits per heavy atom. The number of hydrogen-bond donors (Lipinski definition) is 2. The van der Waals surface area contributed by atoms with Crippen molar-refractivity contribution in [3.63, 3.8) is 0 Å². The number of nitrogens with two attached hydrogens (primary N) is 1. The number of aromatic hydroxyl groups is 1. The molecule has 24 heavy (non-hydrogen) atoms. The van der Waals surface area contributed by atoms with Crippen LogP contribution in [0, 0.1) is 0 Å². The smallest absolute Gasteiger partial charge is 0.344 e. The molecule has 0 heterocycles. The summed E-state index contributed by atoms with van der Waals surface area (Å²) >= 11 is 0. The van der Waals surface area contributed by atoms with Gasteiger partial charge in [0, 0.05) is 23.2 Å². The second-order valence-electron chi connectivity index (χ2n) is 4.99. The molecule has 0 aromatic heterocycles. The summed E-state index contributed by atoms with van der Waals surface area (Å²) < 4.78 is 10.0. The second-order valence-corrected chi connectivity index (χ2v) is 4.99. The molecule has 0 amide bonds. The molecule has 0 aliphatic carbocycles. The average molecular weight is 329 g/mol. The fourth-order valence-electron chi connectivity index (χ4n) is 2.10. The van der Waals surface area contributed by atoms with Crippen molar-refractivity contribution < 1.29 is 24.2 Å². The summed E-state index contributed by atoms with van der Waals surface area (Å²) in [5, 5.41) is 9.62. The number of carbonyl (C=O) groups excluding carboxylic acids is 2. The van der Waals surface area contributed by atoms with Crippen LogP contribution in [0.1, 0.15) is 28.4 Å². The summed E-state index contributed by atoms with van der Waals surface area (Å²) in [4.78, 5) is 23.7. The van der Waals surface area contributed by atoms with Gasteiger partial charge in [0.15, 0.2) is 12.4 Å². The lowest BCUT2D eigenvalue weighted by atomic mass is 10.0. The Morgan fingerprint density at radius 2 is 1.75 bits per heavy atom. The van der Waals surface area contributed by atoms with E-state index in [-0.39, 0.29) is 24.7 Å². The molecule has 2 aromatic carbocycles. The van der Waals surface area contributed by atoms with Gasteiger partial charge in [0.05, 0.1) is 6.61 Å². The van der Waals surface area contributed by atoms with Gasteiger partial charge in [-0.15, -0.1) is 0 Å². The van der Waals surface area contributed by atoms with Gasteiger partial charge in [-0.3, -0.25) is 4.79 Å². The number of benzene rings is 2. The zero-order valence-electron chi connectivity index (χ0n) is 13.3. The lowest BCUT2D eigenvalue weighted by Crippen LogP contribution is -2.14. The molecule has 0 bridgehead atoms. The minimum Gasteiger partial charge on any atom is -0.508 e. The maximum Gasteiger partial charge on any atom is 0.344 e. The number of hydrogen-bond acceptors (Lipinski definition) is 6. The molecule has 6 heteroatoms. The highest BCUT2D eigenvalue weighted by molar-refractivity contribution is 6.09. The lowest BCUT2D eigenvalue weighted by molar-refractivity contribution is -0.145. The molecule has 0 spiro atoms. The van der Waals surface area contributed by atoms with E-state index in [0.29, 0.717) is 29.0 Å². The normalized spacial score (nSPS) is 10.2. The summed E-state index contributed by atoms with van der Waals surface area (Å²) in [6.45, 7) is 1.98. The van der Waals surface area contributed by atoms with Crippen LogP contribution in [0.25, 0.3) is 0 Å². The Hall–Kier alpha value is -2.86. The van der Waals surface area contributed by atoms with Gasteiger partial charge in [-0.1, -0.05) is 0 Å². The molecule has 2 aromatic rings. The standard InChI is InChI=1S/C18H19NO5/c1-2-23-17(21)11-24-15-6-3-12(4-7-15)18(22)13-5-8-16(20)14(9-13)10-19/h3-9,20H,2,10-11,19H2,1H3. The zero-order valence-corrected chi connectivity index (χ0v) is 13.3. The van der Waals surface area contributed by atoms with Gasteiger partial charge in [0.2, 0.25) is 0 Å². The average Bonchev–Trinajstić information content (AvgIpc) is 2.60. The molecule has 0 unspecified atom stereocenters. The van der Waals surface area contributed by atoms with Gasteiger partial charge in [0.1, 0.15) is 11.5 Å². The van der Waals surface area contributed by atoms with Crippen molar-refractivity contribution in [3.8, 4) is 11.5 Å². The van der Waals surface area contributed by atoms with Crippen molar-refractivity contribution >= 4 is 11.8 Å². The number of phenolic OH excluding ortho intramolecular Hbond substituents is 1. The summed E-state index contributed by atoms with van der Waals surface area (Å²) in [7, 11) is 0. The molecule has 6 nitrogen and oxygen atoms in total. The minimum absolute atomic E-state index is 0.0664. The van der Waals surface area contributed by atoms with E-state index in [1.165, 1.54) is 6.07 Å². The summed E-state index contributed by atoms with van der Waals surface area (Å²) in [6.07, 6.45) is 0. The van der Waals surface area contributed by atoms with Crippen molar-refractivity contribution in [3.05, 3.63) is 59.2 Å². The first kappa shape index (κ1) is 17.5. The van der Waals surface area contributed by atoms with Crippen LogP contribution in [0.5, 0.6) is 11.5 Å². The van der Waals surface area contributed by atoms with Gasteiger partial charge in [0.25, 0.3) is 0 Å². The van der Waals surface area contributed by atoms with Gasteiger partial charge in [-0.05, 0) is 49.4 Å². The van der Waals surface area contributed by atoms with Gasteiger partial charge in [-0.25, -0.2) is 4.79 Å². The lowest BCUT2D eigenvalue weighted by Gasteiger charge is -2.08. The van der Waals surface area contributed by atoms with E-state index < -0.39 is 5.97 Å². The number of esters is 1. The highest BCUT2D eigenvalue weighted by Crippen LogP contribution is 2.21. The van der Waals surface area contributed by atoms with Crippen molar-refractivity contribution in [2.45, 2.75) is 13.5 Å². The van der Waals surface area contributed by atoms with Crippen LogP contribution in [0.4, 0.5) is 0 Å². The number of ketones is 1. The quantitative estimate of drug-likeness (QED) is 0.595. The van der Waals surface area contributed by atoms with Crippen LogP contribution in [0.2, 0.25) is 0 Å². The summed E-state index contributed by atoms with van der Waals surface area (Å²) in [5.74, 6) is -0.109. The van der Waals surface area contributed by atoms with Crippen molar-refractivity contribution in [1.82, 2.24) is 0 Å². The third-order valence-corrected chi connectivity index (χ3v) is 3.34. The zero-order chi connectivity index (χ0) is 17.5. The number of rotatable bonds is 7. The number of carbonyl (C=O) groups is 2. The van der Waals surface area contributed by atoms with Crippen LogP contribution in [-0.4, -0.2) is 30.1 Å². The van der Waals surface area contributed by atoms with Crippen LogP contribution < -0.4 is 10.5 Å². The molecule has 0 aliphatic rings. The van der Waals surface area contributed by atoms with Gasteiger partial charge < -0.3 is 20.3 Å². The van der Waals surface area contributed by atoms with Crippen molar-refractivity contribution in [2.24, 2.45) is 5.73 Å². The molecule has 0 saturated heterocycles. The fourth-order valence-corrected chi connectivity index (χ4v) is 2.10. The molecular formula is C18H19NO5. The summed E-state index contributed by atoms with van der Waals surface area (Å²) in [5.41, 5.74) is 6.94. The van der Waals surface area contributed by atoms with E-state index in [1.54, 1.807) is 43.3 Å². The molecule has 0 aliphatic heterocycles. The minimum atomic E-state index is -0.448. The second kappa shape index (κ2) is 8.12. The van der Waals surface area contributed by atoms with Crippen LogP contribution >= 0.6 is 0 Å². The van der Waals surface area contributed by atoms with E-state index in [9.17, 15) is 14.7 Å². The van der Waals surface area contributed by atoms with E-state index in [1.807, 2.05) is 0 Å². The predicted molar refractivity (Wildman–Crippen MR) is 88.0 cm³/mol. The highest BCUT2D eigenvalue weighted by atomic mass is 16.6. The SMILES string of the molecule is CCOC(=O)COc1ccc(C(=O)c2ccc(O)c(CN)c2)cc1. The van der Waals surface area contributed by atoms with Crippen molar-refractivity contribution in [1.29, 1.82) is 0 Å². The predicted octanol–water partition coefficient (Wildman–Crippen LogP) is 2.02. The molecule has 0 saturated carbocycles. The van der Waals surface area contributed by atoms with Gasteiger partial charge in [-0.2, -0.15) is 0 Å². The largest absolute Gasteiger partial charge is 0.508 e. The topological polar surface area (TPSA) is 98.8 Å². The Labute approximate surface area is 139 Å². The third-order valence-electron chi connectivity index (χ3n) is 3.34. The van der Waals surface area contributed by atoms with Crippen LogP contribution in [-0.2, 0) is 16.1 Å². The third kappa shape index (κ3) is 4.33. The van der Waals surface area contributed by atoms with E-state index in [0.717, 1.165) is 0 Å². The van der Waals surface area contributed by atoms with E-state index >= 15 is 0 Å². The van der Waals surface area contributed by atoms with E-state index in [4.69, 9.17) is 15.2 Å². The molecule has 0 fully saturated rings. The maximum atomic E-state index is 12.5. The van der Waals surface area contributed by atoms with Gasteiger partial charge >= 0.3 is 5.97 Å². The molecule has 0 radical (unpaired) electrons. The molecule has 3 N–H and O–H groups in total. The Bertz CT molecular complexity index is 725. The number of phenols is 1. The summed E-state index contributed by atoms with van der Waals surface area (Å²) in [6, 6.07) is 11.0. The molecule has 126 valence electrons. The maximum absolute atomic E-state index is 12.5.